The van der Waals surface area contributed by atoms with E-state index in [0.717, 1.165) is 27.4 Å². The summed E-state index contributed by atoms with van der Waals surface area (Å²) in [5, 5.41) is 10.8. The minimum Gasteiger partial charge on any atom is -0.467 e. The molecule has 0 atom stereocenters. The van der Waals surface area contributed by atoms with Crippen molar-refractivity contribution in [1.82, 2.24) is 9.55 Å². The van der Waals surface area contributed by atoms with Gasteiger partial charge in [0.2, 0.25) is 4.80 Å². The Hall–Kier alpha value is -3.25. The van der Waals surface area contributed by atoms with Crippen LogP contribution in [0, 0.1) is 0 Å². The number of rotatable bonds is 5. The standard InChI is InChI=1S/C20H16N4OS/c1-2-5-17(6-3-1)19-15-26-20(24(19)14-18-7-4-12-25-18)23-22-13-16-8-10-21-11-9-16/h1-13,15H,14H2/b22-13+,23-20-. The van der Waals surface area contributed by atoms with E-state index in [-0.39, 0.29) is 0 Å². The lowest BCUT2D eigenvalue weighted by Crippen LogP contribution is -2.16. The Bertz CT molecular complexity index is 1050. The van der Waals surface area contributed by atoms with E-state index in [4.69, 9.17) is 4.42 Å². The minimum absolute atomic E-state index is 0.602. The van der Waals surface area contributed by atoms with Crippen LogP contribution in [0.1, 0.15) is 11.3 Å². The first-order valence-corrected chi connectivity index (χ1v) is 9.01. The van der Waals surface area contributed by atoms with Crippen LogP contribution in [0.4, 0.5) is 0 Å². The first kappa shape index (κ1) is 16.2. The third kappa shape index (κ3) is 3.70. The maximum Gasteiger partial charge on any atom is 0.211 e. The average molecular weight is 360 g/mol. The second-order valence-corrected chi connectivity index (χ2v) is 6.40. The fraction of sp³-hybridized carbons (Fsp3) is 0.0500. The molecule has 0 fully saturated rings. The Balaban J connectivity index is 1.73. The van der Waals surface area contributed by atoms with E-state index in [9.17, 15) is 0 Å². The van der Waals surface area contributed by atoms with Gasteiger partial charge >= 0.3 is 0 Å². The molecule has 6 heteroatoms. The van der Waals surface area contributed by atoms with Gasteiger partial charge in [-0.3, -0.25) is 4.98 Å². The van der Waals surface area contributed by atoms with E-state index in [1.165, 1.54) is 0 Å². The fourth-order valence-corrected chi connectivity index (χ4v) is 3.42. The van der Waals surface area contributed by atoms with Crippen LogP contribution >= 0.6 is 11.3 Å². The molecule has 26 heavy (non-hydrogen) atoms. The van der Waals surface area contributed by atoms with Crippen LogP contribution in [0.3, 0.4) is 0 Å². The number of nitrogens with zero attached hydrogens (tertiary/aromatic N) is 4. The monoisotopic (exact) mass is 360 g/mol. The molecule has 0 radical (unpaired) electrons. The first-order valence-electron chi connectivity index (χ1n) is 8.13. The summed E-state index contributed by atoms with van der Waals surface area (Å²) >= 11 is 1.56. The fourth-order valence-electron chi connectivity index (χ4n) is 2.55. The highest BCUT2D eigenvalue weighted by atomic mass is 32.1. The molecule has 3 heterocycles. The van der Waals surface area contributed by atoms with Crippen molar-refractivity contribution in [1.29, 1.82) is 0 Å². The molecular weight excluding hydrogens is 344 g/mol. The number of aromatic nitrogens is 2. The summed E-state index contributed by atoms with van der Waals surface area (Å²) in [6.07, 6.45) is 6.87. The van der Waals surface area contributed by atoms with Gasteiger partial charge in [0.15, 0.2) is 0 Å². The topological polar surface area (TPSA) is 55.7 Å². The zero-order valence-electron chi connectivity index (χ0n) is 13.9. The molecule has 0 aliphatic rings. The summed E-state index contributed by atoms with van der Waals surface area (Å²) in [5.74, 6) is 0.875. The van der Waals surface area contributed by atoms with Crippen LogP contribution in [0.15, 0.2) is 93.3 Å². The summed E-state index contributed by atoms with van der Waals surface area (Å²) < 4.78 is 7.64. The van der Waals surface area contributed by atoms with Gasteiger partial charge in [-0.15, -0.1) is 16.4 Å². The lowest BCUT2D eigenvalue weighted by Gasteiger charge is -2.07. The summed E-state index contributed by atoms with van der Waals surface area (Å²) in [5.41, 5.74) is 3.18. The molecule has 0 aliphatic carbocycles. The van der Waals surface area contributed by atoms with E-state index in [1.807, 2.05) is 42.5 Å². The van der Waals surface area contributed by atoms with Crippen LogP contribution in [-0.4, -0.2) is 15.8 Å². The normalized spacial score (nSPS) is 12.1. The van der Waals surface area contributed by atoms with Crippen molar-refractivity contribution in [2.75, 3.05) is 0 Å². The van der Waals surface area contributed by atoms with Crippen molar-refractivity contribution in [3.8, 4) is 11.3 Å². The molecule has 0 spiro atoms. The molecule has 4 rings (SSSR count). The van der Waals surface area contributed by atoms with Gasteiger partial charge in [-0.25, -0.2) is 0 Å². The zero-order chi connectivity index (χ0) is 17.6. The van der Waals surface area contributed by atoms with Gasteiger partial charge in [-0.1, -0.05) is 30.3 Å². The molecule has 3 aromatic heterocycles. The molecule has 1 aromatic carbocycles. The highest BCUT2D eigenvalue weighted by molar-refractivity contribution is 7.07. The summed E-state index contributed by atoms with van der Waals surface area (Å²) in [7, 11) is 0. The average Bonchev–Trinajstić information content (AvgIpc) is 3.34. The van der Waals surface area contributed by atoms with E-state index in [2.05, 4.69) is 37.3 Å². The predicted molar refractivity (Wildman–Crippen MR) is 103 cm³/mol. The molecule has 0 bridgehead atoms. The Morgan fingerprint density at radius 2 is 1.88 bits per heavy atom. The second-order valence-electron chi connectivity index (χ2n) is 5.56. The SMILES string of the molecule is C(=N\N=c1/scc(-c2ccccc2)n1Cc1ccco1)/c1ccncc1. The van der Waals surface area contributed by atoms with Crippen molar-refractivity contribution < 1.29 is 4.42 Å². The van der Waals surface area contributed by atoms with Gasteiger partial charge in [0, 0.05) is 17.8 Å². The van der Waals surface area contributed by atoms with Crippen LogP contribution in [0.2, 0.25) is 0 Å². The van der Waals surface area contributed by atoms with Gasteiger partial charge < -0.3 is 8.98 Å². The maximum atomic E-state index is 5.52. The molecule has 0 saturated heterocycles. The zero-order valence-corrected chi connectivity index (χ0v) is 14.7. The van der Waals surface area contributed by atoms with Gasteiger partial charge in [-0.05, 0) is 35.4 Å². The highest BCUT2D eigenvalue weighted by Crippen LogP contribution is 2.20. The van der Waals surface area contributed by atoms with E-state index in [0.29, 0.717) is 6.54 Å². The summed E-state index contributed by atoms with van der Waals surface area (Å²) in [6.45, 7) is 0.602. The van der Waals surface area contributed by atoms with Crippen molar-refractivity contribution in [2.24, 2.45) is 10.2 Å². The smallest absolute Gasteiger partial charge is 0.211 e. The number of hydrogen-bond acceptors (Lipinski definition) is 5. The Labute approximate surface area is 154 Å². The van der Waals surface area contributed by atoms with Crippen molar-refractivity contribution in [2.45, 2.75) is 6.54 Å². The third-order valence-corrected chi connectivity index (χ3v) is 4.67. The number of benzene rings is 1. The maximum absolute atomic E-state index is 5.52. The van der Waals surface area contributed by atoms with Gasteiger partial charge in [0.05, 0.1) is 24.7 Å². The van der Waals surface area contributed by atoms with Gasteiger partial charge in [0.25, 0.3) is 0 Å². The molecule has 128 valence electrons. The minimum atomic E-state index is 0.602. The highest BCUT2D eigenvalue weighted by Gasteiger charge is 2.09. The number of thiazole rings is 1. The quantitative estimate of drug-likeness (QED) is 0.396. The third-order valence-electron chi connectivity index (χ3n) is 3.82. The lowest BCUT2D eigenvalue weighted by molar-refractivity contribution is 0.491. The van der Waals surface area contributed by atoms with Gasteiger partial charge in [0.1, 0.15) is 5.76 Å². The van der Waals surface area contributed by atoms with Crippen molar-refractivity contribution in [3.63, 3.8) is 0 Å². The van der Waals surface area contributed by atoms with Crippen molar-refractivity contribution >= 4 is 17.6 Å². The van der Waals surface area contributed by atoms with E-state index in [1.54, 1.807) is 36.2 Å². The van der Waals surface area contributed by atoms with E-state index >= 15 is 0 Å². The number of hydrogen-bond donors (Lipinski definition) is 0. The molecule has 4 aromatic rings. The van der Waals surface area contributed by atoms with Crippen LogP contribution < -0.4 is 4.80 Å². The Morgan fingerprint density at radius 3 is 2.65 bits per heavy atom. The van der Waals surface area contributed by atoms with Crippen molar-refractivity contribution in [3.05, 3.63) is 94.8 Å². The lowest BCUT2D eigenvalue weighted by atomic mass is 10.2. The van der Waals surface area contributed by atoms with Crippen LogP contribution in [0.25, 0.3) is 11.3 Å². The molecule has 0 amide bonds. The second kappa shape index (κ2) is 7.76. The van der Waals surface area contributed by atoms with Crippen LogP contribution in [0.5, 0.6) is 0 Å². The molecule has 0 N–H and O–H groups in total. The Morgan fingerprint density at radius 1 is 1.04 bits per heavy atom. The molecule has 0 unspecified atom stereocenters. The number of furan rings is 1. The number of pyridine rings is 1. The summed E-state index contributed by atoms with van der Waals surface area (Å²) in [6, 6.07) is 17.9. The summed E-state index contributed by atoms with van der Waals surface area (Å²) in [4.78, 5) is 4.81. The molecule has 0 aliphatic heterocycles. The molecule has 0 saturated carbocycles. The Kier molecular flexibility index (Phi) is 4.84. The molecular formula is C20H16N4OS. The predicted octanol–water partition coefficient (Wildman–Crippen LogP) is 4.19. The largest absolute Gasteiger partial charge is 0.467 e. The first-order chi connectivity index (χ1) is 12.9. The van der Waals surface area contributed by atoms with Gasteiger partial charge in [-0.2, -0.15) is 5.10 Å². The molecule has 5 nitrogen and oxygen atoms in total. The van der Waals surface area contributed by atoms with E-state index < -0.39 is 0 Å². The van der Waals surface area contributed by atoms with Crippen LogP contribution in [-0.2, 0) is 6.54 Å².